The number of benzene rings is 3. The number of carbonyl (C=O) groups excluding carboxylic acids is 2. The number of hydrogen-bond donors (Lipinski definition) is 2. The van der Waals surface area contributed by atoms with E-state index >= 15 is 0 Å². The van der Waals surface area contributed by atoms with Crippen LogP contribution in [0.25, 0.3) is 0 Å². The second kappa shape index (κ2) is 10.1. The van der Waals surface area contributed by atoms with Crippen LogP contribution >= 0.6 is 0 Å². The number of hydrogen-bond acceptors (Lipinski definition) is 5. The maximum atomic E-state index is 12.4. The van der Waals surface area contributed by atoms with E-state index in [1.165, 1.54) is 35.9 Å². The Kier molecular flexibility index (Phi) is 7.07. The molecule has 0 saturated heterocycles. The van der Waals surface area contributed by atoms with E-state index in [1.807, 2.05) is 24.3 Å². The first-order valence-corrected chi connectivity index (χ1v) is 9.92. The van der Waals surface area contributed by atoms with Gasteiger partial charge in [0.15, 0.2) is 0 Å². The number of carbonyl (C=O) groups is 2. The van der Waals surface area contributed by atoms with Gasteiger partial charge >= 0.3 is 0 Å². The number of nitro groups is 1. The summed E-state index contributed by atoms with van der Waals surface area (Å²) in [6.07, 6.45) is 1.55. The van der Waals surface area contributed by atoms with E-state index in [0.29, 0.717) is 17.2 Å². The molecule has 8 heteroatoms. The molecule has 162 valence electrons. The van der Waals surface area contributed by atoms with Gasteiger partial charge in [-0.1, -0.05) is 50.2 Å². The predicted octanol–water partition coefficient (Wildman–Crippen LogP) is 4.73. The van der Waals surface area contributed by atoms with Crippen molar-refractivity contribution in [3.05, 3.63) is 105 Å². The third kappa shape index (κ3) is 5.85. The molecule has 0 unspecified atom stereocenters. The van der Waals surface area contributed by atoms with Crippen molar-refractivity contribution in [3.8, 4) is 0 Å². The minimum Gasteiger partial charge on any atom is -0.322 e. The molecule has 2 N–H and O–H groups in total. The number of hydrazone groups is 1. The van der Waals surface area contributed by atoms with Crippen LogP contribution in [0.1, 0.15) is 51.6 Å². The van der Waals surface area contributed by atoms with Crippen molar-refractivity contribution < 1.29 is 14.5 Å². The fourth-order valence-electron chi connectivity index (χ4n) is 2.90. The van der Waals surface area contributed by atoms with Crippen molar-refractivity contribution in [3.63, 3.8) is 0 Å². The first kappa shape index (κ1) is 22.4. The third-order valence-corrected chi connectivity index (χ3v) is 4.68. The van der Waals surface area contributed by atoms with Gasteiger partial charge in [0.25, 0.3) is 17.5 Å². The molecule has 8 nitrogen and oxygen atoms in total. The molecular weight excluding hydrogens is 408 g/mol. The first-order valence-electron chi connectivity index (χ1n) is 9.92. The van der Waals surface area contributed by atoms with Crippen molar-refractivity contribution in [1.29, 1.82) is 0 Å². The Morgan fingerprint density at radius 2 is 1.59 bits per heavy atom. The normalized spacial score (nSPS) is 10.8. The van der Waals surface area contributed by atoms with Crippen LogP contribution in [0.2, 0.25) is 0 Å². The van der Waals surface area contributed by atoms with Crippen molar-refractivity contribution >= 4 is 29.4 Å². The van der Waals surface area contributed by atoms with Crippen LogP contribution in [0.3, 0.4) is 0 Å². The molecule has 0 aliphatic rings. The van der Waals surface area contributed by atoms with Crippen LogP contribution in [-0.4, -0.2) is 23.0 Å². The Balaban J connectivity index is 1.63. The maximum absolute atomic E-state index is 12.4. The van der Waals surface area contributed by atoms with Gasteiger partial charge in [-0.2, -0.15) is 5.10 Å². The minimum absolute atomic E-state index is 0.141. The Labute approximate surface area is 185 Å². The van der Waals surface area contributed by atoms with Gasteiger partial charge < -0.3 is 5.32 Å². The largest absolute Gasteiger partial charge is 0.322 e. The van der Waals surface area contributed by atoms with Crippen LogP contribution in [0.4, 0.5) is 11.4 Å². The molecule has 2 amide bonds. The van der Waals surface area contributed by atoms with Crippen LogP contribution < -0.4 is 10.7 Å². The highest BCUT2D eigenvalue weighted by atomic mass is 16.6. The van der Waals surface area contributed by atoms with E-state index in [-0.39, 0.29) is 11.3 Å². The molecule has 0 saturated carbocycles. The molecule has 0 aromatic heterocycles. The summed E-state index contributed by atoms with van der Waals surface area (Å²) in [6, 6.07) is 19.6. The smallest absolute Gasteiger partial charge is 0.271 e. The molecule has 3 aromatic carbocycles. The number of rotatable bonds is 7. The van der Waals surface area contributed by atoms with Crippen molar-refractivity contribution in [1.82, 2.24) is 5.43 Å². The van der Waals surface area contributed by atoms with Gasteiger partial charge in [0, 0.05) is 28.9 Å². The van der Waals surface area contributed by atoms with Crippen molar-refractivity contribution in [2.75, 3.05) is 5.32 Å². The highest BCUT2D eigenvalue weighted by molar-refractivity contribution is 6.05. The van der Waals surface area contributed by atoms with E-state index < -0.39 is 16.7 Å². The summed E-state index contributed by atoms with van der Waals surface area (Å²) in [6.45, 7) is 4.23. The summed E-state index contributed by atoms with van der Waals surface area (Å²) < 4.78 is 0. The Hall–Kier alpha value is -4.33. The molecule has 0 fully saturated rings. The number of nitrogens with one attached hydrogen (secondary N) is 2. The topological polar surface area (TPSA) is 114 Å². The fourth-order valence-corrected chi connectivity index (χ4v) is 2.90. The summed E-state index contributed by atoms with van der Waals surface area (Å²) in [5, 5.41) is 17.5. The predicted molar refractivity (Wildman–Crippen MR) is 123 cm³/mol. The van der Waals surface area contributed by atoms with Gasteiger partial charge in [-0.05, 0) is 41.3 Å². The zero-order chi connectivity index (χ0) is 23.1. The van der Waals surface area contributed by atoms with Crippen LogP contribution in [0, 0.1) is 10.1 Å². The Morgan fingerprint density at radius 3 is 2.25 bits per heavy atom. The molecule has 3 aromatic rings. The summed E-state index contributed by atoms with van der Waals surface area (Å²) in [5.41, 5.74) is 5.17. The lowest BCUT2D eigenvalue weighted by Gasteiger charge is -2.07. The summed E-state index contributed by atoms with van der Waals surface area (Å²) in [7, 11) is 0. The van der Waals surface area contributed by atoms with Crippen molar-refractivity contribution in [2.45, 2.75) is 19.8 Å². The zero-order valence-corrected chi connectivity index (χ0v) is 17.6. The Morgan fingerprint density at radius 1 is 0.938 bits per heavy atom. The van der Waals surface area contributed by atoms with Gasteiger partial charge in [-0.15, -0.1) is 0 Å². The van der Waals surface area contributed by atoms with E-state index in [2.05, 4.69) is 29.7 Å². The number of nitrogens with zero attached hydrogens (tertiary/aromatic N) is 2. The van der Waals surface area contributed by atoms with E-state index in [4.69, 9.17) is 0 Å². The lowest BCUT2D eigenvalue weighted by molar-refractivity contribution is -0.384. The summed E-state index contributed by atoms with van der Waals surface area (Å²) >= 11 is 0. The van der Waals surface area contributed by atoms with E-state index in [1.54, 1.807) is 24.4 Å². The number of anilines is 1. The first-order chi connectivity index (χ1) is 15.3. The number of non-ortho nitro benzene ring substituents is 1. The summed E-state index contributed by atoms with van der Waals surface area (Å²) in [5.74, 6) is -0.522. The lowest BCUT2D eigenvalue weighted by atomic mass is 10.0. The zero-order valence-electron chi connectivity index (χ0n) is 17.6. The average Bonchev–Trinajstić information content (AvgIpc) is 2.79. The van der Waals surface area contributed by atoms with Gasteiger partial charge in [0.1, 0.15) is 0 Å². The van der Waals surface area contributed by atoms with E-state index in [0.717, 1.165) is 5.56 Å². The second-order valence-corrected chi connectivity index (χ2v) is 7.36. The summed E-state index contributed by atoms with van der Waals surface area (Å²) in [4.78, 5) is 35.1. The molecule has 0 atom stereocenters. The SMILES string of the molecule is CC(C)c1ccc(/C=N/NC(=O)c2cccc(NC(=O)c3cccc([N+](=O)[O-])c3)c2)cc1. The highest BCUT2D eigenvalue weighted by Gasteiger charge is 2.12. The van der Waals surface area contributed by atoms with Gasteiger partial charge in [-0.25, -0.2) is 5.43 Å². The lowest BCUT2D eigenvalue weighted by Crippen LogP contribution is -2.18. The molecular formula is C24H22N4O4. The van der Waals surface area contributed by atoms with Crippen molar-refractivity contribution in [2.24, 2.45) is 5.10 Å². The van der Waals surface area contributed by atoms with Gasteiger partial charge in [-0.3, -0.25) is 19.7 Å². The highest BCUT2D eigenvalue weighted by Crippen LogP contribution is 2.17. The molecule has 0 radical (unpaired) electrons. The monoisotopic (exact) mass is 430 g/mol. The van der Waals surface area contributed by atoms with Crippen LogP contribution in [0.5, 0.6) is 0 Å². The molecule has 0 heterocycles. The molecule has 3 rings (SSSR count). The number of nitro benzene ring substituents is 1. The molecule has 0 spiro atoms. The standard InChI is InChI=1S/C24H22N4O4/c1-16(2)18-11-9-17(10-12-18)15-25-27-24(30)19-5-3-7-21(13-19)26-23(29)20-6-4-8-22(14-20)28(31)32/h3-16H,1-2H3,(H,26,29)(H,27,30)/b25-15+. The Bertz CT molecular complexity index is 1170. The maximum Gasteiger partial charge on any atom is 0.271 e. The molecule has 0 bridgehead atoms. The molecule has 32 heavy (non-hydrogen) atoms. The van der Waals surface area contributed by atoms with Crippen LogP contribution in [0.15, 0.2) is 77.9 Å². The molecule has 0 aliphatic heterocycles. The van der Waals surface area contributed by atoms with Crippen LogP contribution in [-0.2, 0) is 0 Å². The quantitative estimate of drug-likeness (QED) is 0.320. The van der Waals surface area contributed by atoms with Gasteiger partial charge in [0.05, 0.1) is 11.1 Å². The molecule has 0 aliphatic carbocycles. The van der Waals surface area contributed by atoms with E-state index in [9.17, 15) is 19.7 Å². The average molecular weight is 430 g/mol. The second-order valence-electron chi connectivity index (χ2n) is 7.36. The van der Waals surface area contributed by atoms with Gasteiger partial charge in [0.2, 0.25) is 0 Å². The fraction of sp³-hybridized carbons (Fsp3) is 0.125. The number of amides is 2. The minimum atomic E-state index is -0.569. The third-order valence-electron chi connectivity index (χ3n) is 4.68.